The van der Waals surface area contributed by atoms with Gasteiger partial charge < -0.3 is 14.5 Å². The molecule has 0 aromatic heterocycles. The predicted octanol–water partition coefficient (Wildman–Crippen LogP) is 5.24. The first-order chi connectivity index (χ1) is 18.2. The van der Waals surface area contributed by atoms with E-state index in [1.54, 1.807) is 0 Å². The molecule has 2 aromatic carbocycles. The van der Waals surface area contributed by atoms with Crippen molar-refractivity contribution in [3.05, 3.63) is 61.7 Å². The number of unbranched alkanes of at least 4 members (excludes halogenated alkanes) is 9. The fourth-order valence-electron chi connectivity index (χ4n) is 3.34. The van der Waals surface area contributed by atoms with Gasteiger partial charge in [0, 0.05) is 0 Å². The Morgan fingerprint density at radius 2 is 1.15 bits per heavy atom. The van der Waals surface area contributed by atoms with Crippen LogP contribution in [0.25, 0.3) is 0 Å². The van der Waals surface area contributed by atoms with Crippen LogP contribution in [0.3, 0.4) is 0 Å². The van der Waals surface area contributed by atoms with Gasteiger partial charge in [0.05, 0.1) is 6.10 Å². The van der Waals surface area contributed by atoms with Crippen LogP contribution in [0.2, 0.25) is 0 Å². The van der Waals surface area contributed by atoms with Crippen LogP contribution in [-0.4, -0.2) is 38.1 Å². The SMILES string of the molecule is CCCCCCCCCCCCC(O)COc1ccc([I+]c2ccccc2)cc1.[F-].[F][Sb]([F])([F])([F])[F].[I][V]([I])[I]. The zero-order valence-electron chi connectivity index (χ0n) is 22.3. The van der Waals surface area contributed by atoms with Gasteiger partial charge in [0.25, 0.3) is 0 Å². The van der Waals surface area contributed by atoms with Gasteiger partial charge in [-0.05, 0) is 42.8 Å². The molecule has 0 saturated carbocycles. The molecule has 0 saturated heterocycles. The van der Waals surface area contributed by atoms with E-state index in [1.165, 1.54) is 64.9 Å². The van der Waals surface area contributed by atoms with E-state index in [4.69, 9.17) is 4.74 Å². The van der Waals surface area contributed by atoms with E-state index in [2.05, 4.69) is 109 Å². The Morgan fingerprint density at radius 3 is 1.60 bits per heavy atom. The summed E-state index contributed by atoms with van der Waals surface area (Å²) in [4.78, 5) is -0.278. The molecule has 0 bridgehead atoms. The Kier molecular flexibility index (Phi) is 29.1. The van der Waals surface area contributed by atoms with Crippen molar-refractivity contribution in [2.75, 3.05) is 6.61 Å². The van der Waals surface area contributed by atoms with Gasteiger partial charge >= 0.3 is 120 Å². The molecule has 2 aromatic rings. The molecular formula is C26H38F6I4O2SbV. The molecule has 40 heavy (non-hydrogen) atoms. The summed E-state index contributed by atoms with van der Waals surface area (Å²) in [6.07, 6.45) is 13.7. The normalized spacial score (nSPS) is 12.5. The van der Waals surface area contributed by atoms with E-state index in [0.29, 0.717) is 6.61 Å². The molecule has 0 spiro atoms. The average molecular weight is 1180 g/mol. The molecule has 0 amide bonds. The van der Waals surface area contributed by atoms with Crippen LogP contribution >= 0.6 is 59.9 Å². The molecule has 0 fully saturated rings. The number of rotatable bonds is 16. The van der Waals surface area contributed by atoms with E-state index < -0.39 is 20.3 Å². The van der Waals surface area contributed by atoms with Crippen LogP contribution in [0.1, 0.15) is 77.6 Å². The third-order valence-corrected chi connectivity index (χ3v) is 7.78. The van der Waals surface area contributed by atoms with Crippen LogP contribution in [0.5, 0.6) is 5.75 Å². The molecule has 0 radical (unpaired) electrons. The standard InChI is InChI=1S/C26H38IO2.6FH.3HI.Sb.V/c1-2-3-4-5-6-7-8-9-10-14-17-25(28)22-29-26-20-18-24(19-21-26)27-23-15-12-11-13-16-23;;;;;;;;;;;/h11-13,15-16,18-21,25,28H,2-10,14,17,22H2,1H3;9*1H;;/q+1;;;;;;;;;;+5;+3/p-9. The van der Waals surface area contributed by atoms with Gasteiger partial charge in [-0.25, -0.2) is 0 Å². The second kappa shape index (κ2) is 26.3. The van der Waals surface area contributed by atoms with Gasteiger partial charge in [-0.1, -0.05) is 89.3 Å². The zero-order valence-corrected chi connectivity index (χ0v) is 34.9. The number of aliphatic hydroxyl groups excluding tert-OH is 1. The van der Waals surface area contributed by atoms with Gasteiger partial charge in [0.2, 0.25) is 0 Å². The van der Waals surface area contributed by atoms with Crippen molar-refractivity contribution in [1.29, 1.82) is 0 Å². The van der Waals surface area contributed by atoms with Crippen LogP contribution in [0.15, 0.2) is 54.6 Å². The van der Waals surface area contributed by atoms with E-state index in [0.717, 1.165) is 18.6 Å². The first-order valence-corrected chi connectivity index (χ1v) is 33.2. The molecule has 2 rings (SSSR count). The minimum absolute atomic E-state index is 0. The second-order valence-electron chi connectivity index (χ2n) is 8.61. The quantitative estimate of drug-likeness (QED) is 0.108. The van der Waals surface area contributed by atoms with Crippen molar-refractivity contribution in [2.45, 2.75) is 83.7 Å². The van der Waals surface area contributed by atoms with E-state index in [1.807, 2.05) is 12.1 Å². The van der Waals surface area contributed by atoms with E-state index in [-0.39, 0.29) is 36.9 Å². The van der Waals surface area contributed by atoms with Gasteiger partial charge in [-0.3, -0.25) is 0 Å². The van der Waals surface area contributed by atoms with Crippen molar-refractivity contribution in [3.8, 4) is 5.75 Å². The molecule has 1 unspecified atom stereocenters. The van der Waals surface area contributed by atoms with Crippen LogP contribution < -0.4 is 30.6 Å². The Labute approximate surface area is 288 Å². The first-order valence-electron chi connectivity index (χ1n) is 12.7. The topological polar surface area (TPSA) is 29.5 Å². The van der Waals surface area contributed by atoms with Crippen LogP contribution in [0, 0.1) is 7.14 Å². The van der Waals surface area contributed by atoms with E-state index >= 15 is 0 Å². The summed E-state index contributed by atoms with van der Waals surface area (Å²) in [5.41, 5.74) is 0. The molecule has 1 atom stereocenters. The Balaban J connectivity index is 0. The van der Waals surface area contributed by atoms with Gasteiger partial charge in [0.1, 0.15) is 12.4 Å². The van der Waals surface area contributed by atoms with Crippen molar-refractivity contribution in [1.82, 2.24) is 0 Å². The summed E-state index contributed by atoms with van der Waals surface area (Å²) in [6.45, 7) is 2.66. The number of ether oxygens (including phenoxy) is 1. The Hall–Kier alpha value is 2.10. The van der Waals surface area contributed by atoms with Gasteiger partial charge in [-0.2, -0.15) is 0 Å². The third kappa shape index (κ3) is 36.3. The summed E-state index contributed by atoms with van der Waals surface area (Å²) < 4.78 is 58.1. The van der Waals surface area contributed by atoms with Crippen LogP contribution in [0.4, 0.5) is 14.1 Å². The van der Waals surface area contributed by atoms with Crippen molar-refractivity contribution in [2.24, 2.45) is 0 Å². The van der Waals surface area contributed by atoms with Gasteiger partial charge in [0.15, 0.2) is 7.14 Å². The number of aliphatic hydroxyl groups is 1. The molecule has 14 heteroatoms. The minimum atomic E-state index is -9.19. The Bertz CT molecular complexity index is 831. The number of hydrogen-bond acceptors (Lipinski definition) is 2. The fraction of sp³-hybridized carbons (Fsp3) is 0.538. The first kappa shape index (κ1) is 44.2. The average Bonchev–Trinajstić information content (AvgIpc) is 2.83. The molecule has 0 aliphatic carbocycles. The summed E-state index contributed by atoms with van der Waals surface area (Å²) in [6, 6.07) is 19.0. The molecule has 0 heterocycles. The van der Waals surface area contributed by atoms with Crippen molar-refractivity contribution < 1.29 is 54.7 Å². The third-order valence-electron chi connectivity index (χ3n) is 5.10. The summed E-state index contributed by atoms with van der Waals surface area (Å²) in [7, 11) is 0. The molecule has 1 N–H and O–H groups in total. The number of benzene rings is 2. The maximum absolute atomic E-state index is 10.2. The number of hydrogen-bond donors (Lipinski definition) is 1. The molecular weight excluding hydrogens is 1140 g/mol. The molecule has 234 valence electrons. The van der Waals surface area contributed by atoms with Crippen molar-refractivity contribution in [3.63, 3.8) is 0 Å². The molecule has 0 aliphatic rings. The summed E-state index contributed by atoms with van der Waals surface area (Å²) >= 11 is -1.93. The fourth-order valence-corrected chi connectivity index (χ4v) is 5.55. The summed E-state index contributed by atoms with van der Waals surface area (Å²) in [5.74, 6) is 0.855. The zero-order chi connectivity index (χ0) is 29.6. The summed E-state index contributed by atoms with van der Waals surface area (Å²) in [5, 5.41) is 10.2. The molecule has 2 nitrogen and oxygen atoms in total. The van der Waals surface area contributed by atoms with E-state index in [9.17, 15) is 19.2 Å². The molecule has 0 aliphatic heterocycles. The maximum atomic E-state index is 10.2. The number of halogens is 10. The monoisotopic (exact) mass is 1180 g/mol. The van der Waals surface area contributed by atoms with Crippen molar-refractivity contribution >= 4 is 80.2 Å². The van der Waals surface area contributed by atoms with Crippen LogP contribution in [-0.2, 0) is 4.92 Å². The Morgan fingerprint density at radius 1 is 0.750 bits per heavy atom. The van der Waals surface area contributed by atoms with Gasteiger partial charge in [-0.15, -0.1) is 0 Å². The second-order valence-corrected chi connectivity index (χ2v) is 50.7. The predicted molar refractivity (Wildman–Crippen MR) is 172 cm³/mol.